The quantitative estimate of drug-likeness (QED) is 0.789. The van der Waals surface area contributed by atoms with E-state index in [4.69, 9.17) is 4.74 Å². The maximum absolute atomic E-state index is 13.5. The molecule has 0 spiro atoms. The SMILES string of the molecule is COCCN(C(=O)c1ccccc1F)C(C)C. The molecule has 0 aromatic heterocycles. The van der Waals surface area contributed by atoms with Gasteiger partial charge < -0.3 is 9.64 Å². The first-order valence-electron chi connectivity index (χ1n) is 5.62. The van der Waals surface area contributed by atoms with Gasteiger partial charge in [-0.05, 0) is 26.0 Å². The fourth-order valence-electron chi connectivity index (χ4n) is 1.57. The lowest BCUT2D eigenvalue weighted by atomic mass is 10.1. The summed E-state index contributed by atoms with van der Waals surface area (Å²) in [5.74, 6) is -0.782. The highest BCUT2D eigenvalue weighted by Crippen LogP contribution is 2.12. The molecule has 0 aliphatic rings. The summed E-state index contributed by atoms with van der Waals surface area (Å²) < 4.78 is 18.5. The van der Waals surface area contributed by atoms with Crippen LogP contribution in [0, 0.1) is 5.82 Å². The highest BCUT2D eigenvalue weighted by molar-refractivity contribution is 5.94. The number of hydrogen-bond donors (Lipinski definition) is 0. The maximum atomic E-state index is 13.5. The van der Waals surface area contributed by atoms with Crippen molar-refractivity contribution in [2.24, 2.45) is 0 Å². The lowest BCUT2D eigenvalue weighted by Gasteiger charge is -2.26. The minimum atomic E-state index is -0.486. The fraction of sp³-hybridized carbons (Fsp3) is 0.462. The predicted octanol–water partition coefficient (Wildman–Crippen LogP) is 2.32. The summed E-state index contributed by atoms with van der Waals surface area (Å²) in [6.07, 6.45) is 0. The Morgan fingerprint density at radius 3 is 2.59 bits per heavy atom. The standard InChI is InChI=1S/C13H18FNO2/c1-10(2)15(8-9-17-3)13(16)11-6-4-5-7-12(11)14/h4-7,10H,8-9H2,1-3H3. The van der Waals surface area contributed by atoms with Crippen LogP contribution >= 0.6 is 0 Å². The Hall–Kier alpha value is -1.42. The zero-order valence-corrected chi connectivity index (χ0v) is 10.4. The molecule has 0 fully saturated rings. The predicted molar refractivity (Wildman–Crippen MR) is 64.4 cm³/mol. The molecular weight excluding hydrogens is 221 g/mol. The number of amides is 1. The van der Waals surface area contributed by atoms with E-state index in [0.717, 1.165) is 0 Å². The van der Waals surface area contributed by atoms with Gasteiger partial charge in [-0.3, -0.25) is 4.79 Å². The summed E-state index contributed by atoms with van der Waals surface area (Å²) in [5.41, 5.74) is 0.109. The van der Waals surface area contributed by atoms with Crippen molar-refractivity contribution in [3.05, 3.63) is 35.6 Å². The molecule has 3 nitrogen and oxygen atoms in total. The third kappa shape index (κ3) is 3.53. The van der Waals surface area contributed by atoms with E-state index in [1.54, 1.807) is 24.1 Å². The molecule has 0 radical (unpaired) electrons. The second-order valence-corrected chi connectivity index (χ2v) is 4.06. The molecule has 0 N–H and O–H groups in total. The summed E-state index contributed by atoms with van der Waals surface area (Å²) in [6, 6.07) is 6.03. The van der Waals surface area contributed by atoms with Gasteiger partial charge in [-0.15, -0.1) is 0 Å². The third-order valence-corrected chi connectivity index (χ3v) is 2.52. The topological polar surface area (TPSA) is 29.5 Å². The number of methoxy groups -OCH3 is 1. The van der Waals surface area contributed by atoms with E-state index in [9.17, 15) is 9.18 Å². The van der Waals surface area contributed by atoms with Crippen molar-refractivity contribution < 1.29 is 13.9 Å². The molecular formula is C13H18FNO2. The van der Waals surface area contributed by atoms with Crippen molar-refractivity contribution in [2.45, 2.75) is 19.9 Å². The first kappa shape index (κ1) is 13.6. The average Bonchev–Trinajstić information content (AvgIpc) is 2.29. The smallest absolute Gasteiger partial charge is 0.257 e. The molecule has 0 aliphatic carbocycles. The lowest BCUT2D eigenvalue weighted by molar-refractivity contribution is 0.0630. The summed E-state index contributed by atoms with van der Waals surface area (Å²) in [6.45, 7) is 4.70. The highest BCUT2D eigenvalue weighted by Gasteiger charge is 2.20. The van der Waals surface area contributed by atoms with Crippen LogP contribution in [0.1, 0.15) is 24.2 Å². The first-order valence-corrected chi connectivity index (χ1v) is 5.62. The van der Waals surface area contributed by atoms with Crippen LogP contribution in [0.15, 0.2) is 24.3 Å². The summed E-state index contributed by atoms with van der Waals surface area (Å²) in [7, 11) is 1.58. The van der Waals surface area contributed by atoms with Crippen LogP contribution < -0.4 is 0 Å². The van der Waals surface area contributed by atoms with Gasteiger partial charge in [0.15, 0.2) is 0 Å². The molecule has 0 bridgehead atoms. The van der Waals surface area contributed by atoms with E-state index in [-0.39, 0.29) is 17.5 Å². The summed E-state index contributed by atoms with van der Waals surface area (Å²) in [4.78, 5) is 13.7. The monoisotopic (exact) mass is 239 g/mol. The van der Waals surface area contributed by atoms with Gasteiger partial charge in [0.25, 0.3) is 5.91 Å². The van der Waals surface area contributed by atoms with Gasteiger partial charge in [0.1, 0.15) is 5.82 Å². The molecule has 0 saturated heterocycles. The number of benzene rings is 1. The van der Waals surface area contributed by atoms with Crippen LogP contribution in [-0.4, -0.2) is 37.1 Å². The van der Waals surface area contributed by atoms with Crippen molar-refractivity contribution in [1.29, 1.82) is 0 Å². The van der Waals surface area contributed by atoms with E-state index < -0.39 is 5.82 Å². The number of nitrogens with zero attached hydrogens (tertiary/aromatic N) is 1. The number of hydrogen-bond acceptors (Lipinski definition) is 2. The van der Waals surface area contributed by atoms with Gasteiger partial charge in [-0.25, -0.2) is 4.39 Å². The van der Waals surface area contributed by atoms with Crippen molar-refractivity contribution >= 4 is 5.91 Å². The van der Waals surface area contributed by atoms with Crippen LogP contribution in [-0.2, 0) is 4.74 Å². The Balaban J connectivity index is 2.88. The molecule has 17 heavy (non-hydrogen) atoms. The molecule has 1 amide bonds. The number of ether oxygens (including phenoxy) is 1. The Labute approximate surface area is 101 Å². The molecule has 0 atom stereocenters. The summed E-state index contributed by atoms with van der Waals surface area (Å²) >= 11 is 0. The van der Waals surface area contributed by atoms with Crippen LogP contribution in [0.4, 0.5) is 4.39 Å². The zero-order chi connectivity index (χ0) is 12.8. The van der Waals surface area contributed by atoms with Gasteiger partial charge in [-0.1, -0.05) is 12.1 Å². The number of carbonyl (C=O) groups is 1. The van der Waals surface area contributed by atoms with E-state index in [1.807, 2.05) is 13.8 Å². The van der Waals surface area contributed by atoms with Gasteiger partial charge in [0, 0.05) is 19.7 Å². The van der Waals surface area contributed by atoms with Crippen molar-refractivity contribution in [1.82, 2.24) is 4.90 Å². The van der Waals surface area contributed by atoms with E-state index in [0.29, 0.717) is 13.2 Å². The molecule has 0 aliphatic heterocycles. The highest BCUT2D eigenvalue weighted by atomic mass is 19.1. The number of carbonyl (C=O) groups excluding carboxylic acids is 1. The summed E-state index contributed by atoms with van der Waals surface area (Å²) in [5, 5.41) is 0. The van der Waals surface area contributed by atoms with Gasteiger partial charge >= 0.3 is 0 Å². The Bertz CT molecular complexity index is 379. The molecule has 0 saturated carbocycles. The Morgan fingerprint density at radius 1 is 1.41 bits per heavy atom. The van der Waals surface area contributed by atoms with Gasteiger partial charge in [0.2, 0.25) is 0 Å². The number of rotatable bonds is 5. The van der Waals surface area contributed by atoms with Crippen molar-refractivity contribution in [3.8, 4) is 0 Å². The second-order valence-electron chi connectivity index (χ2n) is 4.06. The van der Waals surface area contributed by atoms with Gasteiger partial charge in [-0.2, -0.15) is 0 Å². The molecule has 1 aromatic carbocycles. The van der Waals surface area contributed by atoms with Crippen LogP contribution in [0.5, 0.6) is 0 Å². The zero-order valence-electron chi connectivity index (χ0n) is 10.4. The van der Waals surface area contributed by atoms with Crippen LogP contribution in [0.2, 0.25) is 0 Å². The molecule has 1 aromatic rings. The van der Waals surface area contributed by atoms with Crippen molar-refractivity contribution in [3.63, 3.8) is 0 Å². The molecule has 0 heterocycles. The number of halogens is 1. The van der Waals surface area contributed by atoms with E-state index >= 15 is 0 Å². The van der Waals surface area contributed by atoms with Gasteiger partial charge in [0.05, 0.1) is 12.2 Å². The fourth-order valence-corrected chi connectivity index (χ4v) is 1.57. The normalized spacial score (nSPS) is 10.6. The molecule has 1 rings (SSSR count). The van der Waals surface area contributed by atoms with Crippen LogP contribution in [0.3, 0.4) is 0 Å². The lowest BCUT2D eigenvalue weighted by Crippen LogP contribution is -2.39. The molecule has 0 unspecified atom stereocenters. The Kier molecular flexibility index (Phi) is 5.10. The Morgan fingerprint density at radius 2 is 2.06 bits per heavy atom. The van der Waals surface area contributed by atoms with Crippen molar-refractivity contribution in [2.75, 3.05) is 20.3 Å². The van der Waals surface area contributed by atoms with Crippen LogP contribution in [0.25, 0.3) is 0 Å². The minimum absolute atomic E-state index is 0.0113. The second kappa shape index (κ2) is 6.35. The van der Waals surface area contributed by atoms with E-state index in [1.165, 1.54) is 12.1 Å². The first-order chi connectivity index (χ1) is 8.07. The average molecular weight is 239 g/mol. The maximum Gasteiger partial charge on any atom is 0.257 e. The minimum Gasteiger partial charge on any atom is -0.383 e. The molecule has 4 heteroatoms. The third-order valence-electron chi connectivity index (χ3n) is 2.52. The largest absolute Gasteiger partial charge is 0.383 e. The van der Waals surface area contributed by atoms with E-state index in [2.05, 4.69) is 0 Å². The molecule has 94 valence electrons.